The molecule has 5 heteroatoms. The molecule has 0 spiro atoms. The van der Waals surface area contributed by atoms with Gasteiger partial charge in [-0.25, -0.2) is 0 Å². The summed E-state index contributed by atoms with van der Waals surface area (Å²) in [7, 11) is 0. The van der Waals surface area contributed by atoms with Crippen LogP contribution in [0.1, 0.15) is 15.9 Å². The molecule has 2 aromatic carbocycles. The maximum Gasteiger partial charge on any atom is 0.252 e. The van der Waals surface area contributed by atoms with Gasteiger partial charge in [-0.1, -0.05) is 41.4 Å². The van der Waals surface area contributed by atoms with Crippen LogP contribution in [0.15, 0.2) is 42.5 Å². The van der Waals surface area contributed by atoms with Crippen LogP contribution < -0.4 is 11.1 Å². The summed E-state index contributed by atoms with van der Waals surface area (Å²) in [6.07, 6.45) is 0.726. The number of anilines is 1. The highest BCUT2D eigenvalue weighted by Gasteiger charge is 2.11. The van der Waals surface area contributed by atoms with Crippen molar-refractivity contribution in [2.45, 2.75) is 6.42 Å². The fourth-order valence-corrected chi connectivity index (χ4v) is 2.17. The highest BCUT2D eigenvalue weighted by molar-refractivity contribution is 6.43. The molecule has 20 heavy (non-hydrogen) atoms. The summed E-state index contributed by atoms with van der Waals surface area (Å²) in [6, 6.07) is 12.5. The van der Waals surface area contributed by atoms with Crippen molar-refractivity contribution in [3.63, 3.8) is 0 Å². The molecule has 1 amide bonds. The van der Waals surface area contributed by atoms with Gasteiger partial charge in [-0.3, -0.25) is 4.79 Å². The van der Waals surface area contributed by atoms with E-state index in [1.54, 1.807) is 18.2 Å². The molecule has 0 aliphatic heterocycles. The van der Waals surface area contributed by atoms with Crippen molar-refractivity contribution < 1.29 is 4.79 Å². The van der Waals surface area contributed by atoms with Crippen molar-refractivity contribution in [1.29, 1.82) is 0 Å². The van der Waals surface area contributed by atoms with Crippen LogP contribution >= 0.6 is 23.2 Å². The summed E-state index contributed by atoms with van der Waals surface area (Å²) in [5.74, 6) is -0.229. The molecule has 3 N–H and O–H groups in total. The molecule has 3 nitrogen and oxygen atoms in total. The first-order chi connectivity index (χ1) is 9.58. The number of benzene rings is 2. The average molecular weight is 309 g/mol. The summed E-state index contributed by atoms with van der Waals surface area (Å²) in [5.41, 5.74) is 7.83. The summed E-state index contributed by atoms with van der Waals surface area (Å²) in [5, 5.41) is 3.47. The second kappa shape index (κ2) is 6.64. The molecule has 0 bridgehead atoms. The van der Waals surface area contributed by atoms with Gasteiger partial charge in [0.1, 0.15) is 0 Å². The lowest BCUT2D eigenvalue weighted by Gasteiger charge is -2.08. The van der Waals surface area contributed by atoms with E-state index in [1.807, 2.05) is 24.3 Å². The predicted octanol–water partition coefficient (Wildman–Crippen LogP) is 3.55. The van der Waals surface area contributed by atoms with E-state index >= 15 is 0 Å². The normalized spacial score (nSPS) is 10.3. The minimum atomic E-state index is -0.229. The van der Waals surface area contributed by atoms with Gasteiger partial charge >= 0.3 is 0 Å². The highest BCUT2D eigenvalue weighted by atomic mass is 35.5. The maximum absolute atomic E-state index is 12.0. The van der Waals surface area contributed by atoms with E-state index in [2.05, 4.69) is 5.32 Å². The Balaban J connectivity index is 1.92. The molecule has 0 radical (unpaired) electrons. The fourth-order valence-electron chi connectivity index (χ4n) is 1.78. The van der Waals surface area contributed by atoms with Gasteiger partial charge in [-0.05, 0) is 36.2 Å². The fraction of sp³-hybridized carbons (Fsp3) is 0.133. The van der Waals surface area contributed by atoms with E-state index in [4.69, 9.17) is 28.9 Å². The van der Waals surface area contributed by atoms with Gasteiger partial charge in [0.15, 0.2) is 0 Å². The van der Waals surface area contributed by atoms with Crippen LogP contribution in [-0.4, -0.2) is 12.5 Å². The van der Waals surface area contributed by atoms with Crippen LogP contribution in [0.2, 0.25) is 10.0 Å². The molecular weight excluding hydrogens is 295 g/mol. The van der Waals surface area contributed by atoms with Crippen molar-refractivity contribution in [2.24, 2.45) is 0 Å². The Morgan fingerprint density at radius 3 is 2.50 bits per heavy atom. The topological polar surface area (TPSA) is 55.1 Å². The largest absolute Gasteiger partial charge is 0.399 e. The number of carbonyl (C=O) groups is 1. The van der Waals surface area contributed by atoms with Crippen LogP contribution in [-0.2, 0) is 6.42 Å². The monoisotopic (exact) mass is 308 g/mol. The van der Waals surface area contributed by atoms with Crippen LogP contribution in [0.5, 0.6) is 0 Å². The zero-order chi connectivity index (χ0) is 14.5. The summed E-state index contributed by atoms with van der Waals surface area (Å²) >= 11 is 11.9. The number of amides is 1. The summed E-state index contributed by atoms with van der Waals surface area (Å²) in [4.78, 5) is 12.0. The standard InChI is InChI=1S/C15H14Cl2N2O/c16-13-3-1-2-12(14(13)17)15(20)19-9-8-10-4-6-11(18)7-5-10/h1-7H,8-9,18H2,(H,19,20). The Hall–Kier alpha value is -1.71. The number of nitrogens with one attached hydrogen (secondary N) is 1. The van der Waals surface area contributed by atoms with Crippen LogP contribution in [0, 0.1) is 0 Å². The first-order valence-electron chi connectivity index (χ1n) is 6.14. The molecule has 0 aromatic heterocycles. The summed E-state index contributed by atoms with van der Waals surface area (Å²) in [6.45, 7) is 0.519. The van der Waals surface area contributed by atoms with Crippen molar-refractivity contribution in [1.82, 2.24) is 5.32 Å². The van der Waals surface area contributed by atoms with E-state index in [-0.39, 0.29) is 10.9 Å². The molecule has 0 saturated heterocycles. The quantitative estimate of drug-likeness (QED) is 0.849. The van der Waals surface area contributed by atoms with Crippen molar-refractivity contribution in [2.75, 3.05) is 12.3 Å². The number of rotatable bonds is 4. The van der Waals surface area contributed by atoms with Gasteiger partial charge < -0.3 is 11.1 Å². The van der Waals surface area contributed by atoms with Crippen LogP contribution in [0.3, 0.4) is 0 Å². The van der Waals surface area contributed by atoms with E-state index in [1.165, 1.54) is 0 Å². The molecule has 104 valence electrons. The average Bonchev–Trinajstić information content (AvgIpc) is 2.44. The Morgan fingerprint density at radius 1 is 1.10 bits per heavy atom. The third-order valence-electron chi connectivity index (χ3n) is 2.88. The number of nitrogens with two attached hydrogens (primary N) is 1. The third kappa shape index (κ3) is 3.65. The van der Waals surface area contributed by atoms with Crippen LogP contribution in [0.25, 0.3) is 0 Å². The van der Waals surface area contributed by atoms with Gasteiger partial charge in [0.05, 0.1) is 15.6 Å². The molecule has 0 heterocycles. The second-order valence-corrected chi connectivity index (χ2v) is 5.13. The third-order valence-corrected chi connectivity index (χ3v) is 3.69. The lowest BCUT2D eigenvalue weighted by Crippen LogP contribution is -2.26. The molecular formula is C15H14Cl2N2O. The molecule has 0 aliphatic carbocycles. The van der Waals surface area contributed by atoms with Gasteiger partial charge in [0.2, 0.25) is 0 Å². The summed E-state index contributed by atoms with van der Waals surface area (Å²) < 4.78 is 0. The predicted molar refractivity (Wildman–Crippen MR) is 83.4 cm³/mol. The lowest BCUT2D eigenvalue weighted by atomic mass is 10.1. The Morgan fingerprint density at radius 2 is 1.80 bits per heavy atom. The Kier molecular flexibility index (Phi) is 4.88. The van der Waals surface area contributed by atoms with Crippen molar-refractivity contribution in [3.05, 3.63) is 63.6 Å². The van der Waals surface area contributed by atoms with Gasteiger partial charge in [-0.2, -0.15) is 0 Å². The van der Waals surface area contributed by atoms with E-state index in [0.717, 1.165) is 17.7 Å². The zero-order valence-corrected chi connectivity index (χ0v) is 12.2. The Labute approximate surface area is 127 Å². The SMILES string of the molecule is Nc1ccc(CCNC(=O)c2cccc(Cl)c2Cl)cc1. The van der Waals surface area contributed by atoms with E-state index < -0.39 is 0 Å². The van der Waals surface area contributed by atoms with Crippen LogP contribution in [0.4, 0.5) is 5.69 Å². The molecule has 0 fully saturated rings. The molecule has 0 unspecified atom stereocenters. The first kappa shape index (κ1) is 14.7. The molecule has 0 aliphatic rings. The van der Waals surface area contributed by atoms with Crippen molar-refractivity contribution in [3.8, 4) is 0 Å². The van der Waals surface area contributed by atoms with Gasteiger partial charge in [0.25, 0.3) is 5.91 Å². The van der Waals surface area contributed by atoms with Gasteiger partial charge in [-0.15, -0.1) is 0 Å². The molecule has 2 rings (SSSR count). The second-order valence-electron chi connectivity index (χ2n) is 4.35. The van der Waals surface area contributed by atoms with Crippen molar-refractivity contribution >= 4 is 34.8 Å². The van der Waals surface area contributed by atoms with E-state index in [0.29, 0.717) is 17.1 Å². The number of halogens is 2. The molecule has 2 aromatic rings. The number of nitrogen functional groups attached to an aromatic ring is 1. The zero-order valence-electron chi connectivity index (χ0n) is 10.7. The smallest absolute Gasteiger partial charge is 0.252 e. The number of hydrogen-bond acceptors (Lipinski definition) is 2. The maximum atomic E-state index is 12.0. The van der Waals surface area contributed by atoms with Gasteiger partial charge in [0, 0.05) is 12.2 Å². The minimum absolute atomic E-state index is 0.229. The number of hydrogen-bond donors (Lipinski definition) is 2. The highest BCUT2D eigenvalue weighted by Crippen LogP contribution is 2.25. The first-order valence-corrected chi connectivity index (χ1v) is 6.90. The Bertz CT molecular complexity index is 612. The molecule has 0 atom stereocenters. The number of carbonyl (C=O) groups excluding carboxylic acids is 1. The lowest BCUT2D eigenvalue weighted by molar-refractivity contribution is 0.0954. The molecule has 0 saturated carbocycles. The minimum Gasteiger partial charge on any atom is -0.399 e. The van der Waals surface area contributed by atoms with E-state index in [9.17, 15) is 4.79 Å².